The van der Waals surface area contributed by atoms with Crippen molar-refractivity contribution in [2.24, 2.45) is 0 Å². The minimum atomic E-state index is -0.578. The number of carbonyl (C=O) groups is 2. The van der Waals surface area contributed by atoms with Gasteiger partial charge in [-0.15, -0.1) is 0 Å². The van der Waals surface area contributed by atoms with Gasteiger partial charge in [-0.3, -0.25) is 14.9 Å². The van der Waals surface area contributed by atoms with E-state index in [9.17, 15) is 9.59 Å². The number of morpholine rings is 1. The molecule has 1 fully saturated rings. The van der Waals surface area contributed by atoms with Gasteiger partial charge in [0.05, 0.1) is 19.8 Å². The highest BCUT2D eigenvalue weighted by atomic mass is 16.5. The molecule has 1 saturated heterocycles. The predicted molar refractivity (Wildman–Crippen MR) is 133 cm³/mol. The van der Waals surface area contributed by atoms with E-state index in [0.717, 1.165) is 33.3 Å². The Morgan fingerprint density at radius 1 is 0.943 bits per heavy atom. The number of rotatable bonds is 5. The summed E-state index contributed by atoms with van der Waals surface area (Å²) in [5, 5.41) is 9.99. The summed E-state index contributed by atoms with van der Waals surface area (Å²) >= 11 is 0. The molecule has 0 aliphatic carbocycles. The Morgan fingerprint density at radius 3 is 2.37 bits per heavy atom. The summed E-state index contributed by atoms with van der Waals surface area (Å²) in [5.74, 6) is -0.578. The van der Waals surface area contributed by atoms with Crippen LogP contribution in [-0.2, 0) is 11.3 Å². The molecule has 0 radical (unpaired) electrons. The van der Waals surface area contributed by atoms with Crippen molar-refractivity contribution in [2.45, 2.75) is 6.54 Å². The van der Waals surface area contributed by atoms with E-state index >= 15 is 0 Å². The molecular formula is C27H26N4O4. The van der Waals surface area contributed by atoms with Gasteiger partial charge in [-0.05, 0) is 64.5 Å². The van der Waals surface area contributed by atoms with Crippen LogP contribution in [0.25, 0.3) is 22.0 Å². The lowest BCUT2D eigenvalue weighted by atomic mass is 10.0. The molecule has 0 unspecified atom stereocenters. The van der Waals surface area contributed by atoms with Crippen molar-refractivity contribution in [3.63, 3.8) is 0 Å². The molecule has 3 aromatic carbocycles. The van der Waals surface area contributed by atoms with Crippen molar-refractivity contribution in [3.8, 4) is 11.1 Å². The van der Waals surface area contributed by atoms with Gasteiger partial charge in [-0.1, -0.05) is 30.3 Å². The van der Waals surface area contributed by atoms with Gasteiger partial charge in [0.15, 0.2) is 0 Å². The van der Waals surface area contributed by atoms with Crippen LogP contribution in [0.4, 0.5) is 10.5 Å². The van der Waals surface area contributed by atoms with E-state index in [1.54, 1.807) is 39.5 Å². The van der Waals surface area contributed by atoms with E-state index in [1.807, 2.05) is 36.5 Å². The second kappa shape index (κ2) is 10.0. The van der Waals surface area contributed by atoms with Crippen LogP contribution < -0.4 is 10.4 Å². The SMILES string of the molecule is O=C(NO)c1ccc(CN(C(=O)N2CCOCC2)c2ccc(-c3ccc4[nH]ccc4c3)cc2)cc1. The van der Waals surface area contributed by atoms with Crippen LogP contribution in [0.15, 0.2) is 79.0 Å². The summed E-state index contributed by atoms with van der Waals surface area (Å²) in [6.45, 7) is 2.46. The fourth-order valence-corrected chi connectivity index (χ4v) is 4.27. The normalized spacial score (nSPS) is 13.6. The molecule has 3 amide bonds. The Morgan fingerprint density at radius 2 is 1.66 bits per heavy atom. The Hall–Kier alpha value is -4.14. The van der Waals surface area contributed by atoms with Crippen LogP contribution in [0.3, 0.4) is 0 Å². The second-order valence-electron chi connectivity index (χ2n) is 8.43. The maximum atomic E-state index is 13.5. The summed E-state index contributed by atoms with van der Waals surface area (Å²) in [4.78, 5) is 31.9. The minimum Gasteiger partial charge on any atom is -0.378 e. The molecular weight excluding hydrogens is 444 g/mol. The van der Waals surface area contributed by atoms with Gasteiger partial charge in [0.2, 0.25) is 0 Å². The number of ether oxygens (including phenoxy) is 1. The molecule has 0 saturated carbocycles. The molecule has 8 heteroatoms. The molecule has 178 valence electrons. The largest absolute Gasteiger partial charge is 0.378 e. The highest BCUT2D eigenvalue weighted by molar-refractivity contribution is 5.94. The number of hydroxylamine groups is 1. The maximum absolute atomic E-state index is 13.5. The fourth-order valence-electron chi connectivity index (χ4n) is 4.27. The van der Waals surface area contributed by atoms with E-state index in [1.165, 1.54) is 0 Å². The molecule has 35 heavy (non-hydrogen) atoms. The molecule has 2 heterocycles. The Balaban J connectivity index is 1.42. The minimum absolute atomic E-state index is 0.0908. The average molecular weight is 471 g/mol. The fraction of sp³-hybridized carbons (Fsp3) is 0.185. The van der Waals surface area contributed by atoms with Crippen LogP contribution in [0.2, 0.25) is 0 Å². The molecule has 1 aliphatic rings. The molecule has 4 aromatic rings. The standard InChI is InChI=1S/C27H26N4O4/c32-26(29-34)21-3-1-19(2-4-21)18-31(27(33)30-13-15-35-16-14-30)24-8-5-20(6-9-24)22-7-10-25-23(17-22)11-12-28-25/h1-12,17,28,34H,13-16,18H2,(H,29,32). The zero-order valence-corrected chi connectivity index (χ0v) is 19.1. The monoisotopic (exact) mass is 470 g/mol. The number of hydrogen-bond donors (Lipinski definition) is 3. The molecule has 1 aliphatic heterocycles. The zero-order chi connectivity index (χ0) is 24.2. The highest BCUT2D eigenvalue weighted by Crippen LogP contribution is 2.28. The van der Waals surface area contributed by atoms with Crippen molar-refractivity contribution in [1.29, 1.82) is 0 Å². The third kappa shape index (κ3) is 4.89. The summed E-state index contributed by atoms with van der Waals surface area (Å²) in [5.41, 5.74) is 6.88. The van der Waals surface area contributed by atoms with E-state index in [-0.39, 0.29) is 6.03 Å². The predicted octanol–water partition coefficient (Wildman–Crippen LogP) is 4.41. The summed E-state index contributed by atoms with van der Waals surface area (Å²) in [6.07, 6.45) is 1.93. The number of carbonyl (C=O) groups excluding carboxylic acids is 2. The van der Waals surface area contributed by atoms with Gasteiger partial charge in [0, 0.05) is 36.1 Å². The summed E-state index contributed by atoms with van der Waals surface area (Å²) in [7, 11) is 0. The third-order valence-electron chi connectivity index (χ3n) is 6.24. The quantitative estimate of drug-likeness (QED) is 0.297. The summed E-state index contributed by atoms with van der Waals surface area (Å²) in [6, 6.07) is 23.0. The van der Waals surface area contributed by atoms with E-state index in [0.29, 0.717) is 38.4 Å². The lowest BCUT2D eigenvalue weighted by Gasteiger charge is -2.33. The van der Waals surface area contributed by atoms with Crippen molar-refractivity contribution >= 4 is 28.5 Å². The maximum Gasteiger partial charge on any atom is 0.324 e. The molecule has 1 aromatic heterocycles. The van der Waals surface area contributed by atoms with Gasteiger partial charge in [-0.25, -0.2) is 10.3 Å². The lowest BCUT2D eigenvalue weighted by Crippen LogP contribution is -2.48. The van der Waals surface area contributed by atoms with Crippen molar-refractivity contribution < 1.29 is 19.5 Å². The van der Waals surface area contributed by atoms with Crippen molar-refractivity contribution in [3.05, 3.63) is 90.1 Å². The number of H-pyrrole nitrogens is 1. The number of nitrogens with zero attached hydrogens (tertiary/aromatic N) is 2. The van der Waals surface area contributed by atoms with E-state index in [4.69, 9.17) is 9.94 Å². The number of fused-ring (bicyclic) bond motifs is 1. The van der Waals surface area contributed by atoms with Gasteiger partial charge in [0.1, 0.15) is 0 Å². The Labute approximate surface area is 202 Å². The summed E-state index contributed by atoms with van der Waals surface area (Å²) < 4.78 is 5.42. The van der Waals surface area contributed by atoms with Gasteiger partial charge >= 0.3 is 6.03 Å². The number of urea groups is 1. The van der Waals surface area contributed by atoms with Gasteiger partial charge < -0.3 is 14.6 Å². The Bertz CT molecular complexity index is 1330. The molecule has 0 bridgehead atoms. The van der Waals surface area contributed by atoms with Gasteiger partial charge in [0.25, 0.3) is 5.91 Å². The van der Waals surface area contributed by atoms with Gasteiger partial charge in [-0.2, -0.15) is 0 Å². The van der Waals surface area contributed by atoms with Crippen LogP contribution in [0, 0.1) is 0 Å². The molecule has 0 spiro atoms. The topological polar surface area (TPSA) is 97.9 Å². The highest BCUT2D eigenvalue weighted by Gasteiger charge is 2.24. The number of benzene rings is 3. The first kappa shape index (κ1) is 22.6. The lowest BCUT2D eigenvalue weighted by molar-refractivity contribution is 0.0548. The number of nitrogens with one attached hydrogen (secondary N) is 2. The number of anilines is 1. The van der Waals surface area contributed by atoms with E-state index < -0.39 is 5.91 Å². The third-order valence-corrected chi connectivity index (χ3v) is 6.24. The smallest absolute Gasteiger partial charge is 0.324 e. The van der Waals surface area contributed by atoms with Crippen LogP contribution in [-0.4, -0.2) is 53.3 Å². The van der Waals surface area contributed by atoms with Crippen LogP contribution in [0.5, 0.6) is 0 Å². The Kier molecular flexibility index (Phi) is 6.47. The van der Waals surface area contributed by atoms with Crippen molar-refractivity contribution in [1.82, 2.24) is 15.4 Å². The number of amides is 3. The first-order valence-electron chi connectivity index (χ1n) is 11.5. The average Bonchev–Trinajstić information content (AvgIpc) is 3.40. The van der Waals surface area contributed by atoms with Crippen LogP contribution in [0.1, 0.15) is 15.9 Å². The number of aromatic nitrogens is 1. The molecule has 0 atom stereocenters. The second-order valence-corrected chi connectivity index (χ2v) is 8.43. The number of hydrogen-bond acceptors (Lipinski definition) is 4. The molecule has 8 nitrogen and oxygen atoms in total. The first-order valence-corrected chi connectivity index (χ1v) is 11.5. The first-order chi connectivity index (χ1) is 17.1. The zero-order valence-electron chi connectivity index (χ0n) is 19.1. The van der Waals surface area contributed by atoms with E-state index in [2.05, 4.69) is 23.2 Å². The van der Waals surface area contributed by atoms with Crippen molar-refractivity contribution in [2.75, 3.05) is 31.2 Å². The number of aromatic amines is 1. The van der Waals surface area contributed by atoms with Crippen LogP contribution >= 0.6 is 0 Å². The molecule has 3 N–H and O–H groups in total. The molecule has 5 rings (SSSR count).